The quantitative estimate of drug-likeness (QED) is 0.726. The second kappa shape index (κ2) is 3.73. The maximum absolute atomic E-state index is 11.8. The van der Waals surface area contributed by atoms with Gasteiger partial charge in [0.05, 0.1) is 11.1 Å². The van der Waals surface area contributed by atoms with E-state index in [1.165, 1.54) is 19.1 Å². The van der Waals surface area contributed by atoms with Crippen molar-refractivity contribution in [2.45, 2.75) is 20.3 Å². The van der Waals surface area contributed by atoms with Gasteiger partial charge in [-0.2, -0.15) is 0 Å². The van der Waals surface area contributed by atoms with Crippen molar-refractivity contribution >= 4 is 11.6 Å². The number of phenolic OH excluding ortho intramolecular Hbond substituents is 2. The molecule has 88 valence electrons. The predicted molar refractivity (Wildman–Crippen MR) is 61.6 cm³/mol. The van der Waals surface area contributed by atoms with Crippen LogP contribution in [0.5, 0.6) is 11.5 Å². The summed E-state index contributed by atoms with van der Waals surface area (Å²) in [5.41, 5.74) is 0.541. The lowest BCUT2D eigenvalue weighted by Gasteiger charge is -2.17. The Morgan fingerprint density at radius 1 is 1.18 bits per heavy atom. The number of rotatable bonds is 1. The fourth-order valence-corrected chi connectivity index (χ4v) is 1.98. The van der Waals surface area contributed by atoms with Crippen LogP contribution in [0.3, 0.4) is 0 Å². The van der Waals surface area contributed by atoms with Crippen LogP contribution in [0.15, 0.2) is 17.7 Å². The molecule has 2 N–H and O–H groups in total. The smallest absolute Gasteiger partial charge is 0.193 e. The number of Topliss-reactive ketones (excluding diaryl/α,β-unsaturated/α-hetero) is 1. The maximum atomic E-state index is 11.8. The van der Waals surface area contributed by atoms with Gasteiger partial charge in [-0.05, 0) is 31.1 Å². The Morgan fingerprint density at radius 3 is 2.41 bits per heavy atom. The zero-order valence-corrected chi connectivity index (χ0v) is 9.57. The van der Waals surface area contributed by atoms with Gasteiger partial charge in [-0.25, -0.2) is 0 Å². The van der Waals surface area contributed by atoms with Gasteiger partial charge in [0.15, 0.2) is 11.6 Å². The monoisotopic (exact) mass is 232 g/mol. The number of hydrogen-bond acceptors (Lipinski definition) is 4. The molecule has 0 atom stereocenters. The Bertz CT molecular complexity index is 567. The fraction of sp³-hybridized carbons (Fsp3) is 0.231. The van der Waals surface area contributed by atoms with E-state index in [9.17, 15) is 19.8 Å². The molecular weight excluding hydrogens is 220 g/mol. The summed E-state index contributed by atoms with van der Waals surface area (Å²) in [6.07, 6.45) is 1.65. The Morgan fingerprint density at radius 2 is 1.82 bits per heavy atom. The van der Waals surface area contributed by atoms with Gasteiger partial charge < -0.3 is 10.2 Å². The predicted octanol–water partition coefficient (Wildman–Crippen LogP) is 1.99. The molecule has 0 spiro atoms. The third-order valence-electron chi connectivity index (χ3n) is 2.92. The van der Waals surface area contributed by atoms with Crippen LogP contribution in [0.4, 0.5) is 0 Å². The van der Waals surface area contributed by atoms with Crippen molar-refractivity contribution in [1.82, 2.24) is 0 Å². The normalized spacial score (nSPS) is 14.6. The molecule has 4 heteroatoms. The van der Waals surface area contributed by atoms with Crippen LogP contribution < -0.4 is 0 Å². The number of aryl methyl sites for hydroxylation is 1. The molecule has 1 aromatic carbocycles. The van der Waals surface area contributed by atoms with Gasteiger partial charge in [0.2, 0.25) is 0 Å². The molecule has 0 bridgehead atoms. The van der Waals surface area contributed by atoms with E-state index in [4.69, 9.17) is 0 Å². The summed E-state index contributed by atoms with van der Waals surface area (Å²) in [6, 6.07) is 1.33. The lowest BCUT2D eigenvalue weighted by atomic mass is 9.87. The third kappa shape index (κ3) is 1.53. The molecule has 0 amide bonds. The summed E-state index contributed by atoms with van der Waals surface area (Å²) in [7, 11) is 0. The number of allylic oxidation sites excluding steroid dienone is 2. The van der Waals surface area contributed by atoms with E-state index in [2.05, 4.69) is 0 Å². The minimum Gasteiger partial charge on any atom is -0.507 e. The summed E-state index contributed by atoms with van der Waals surface area (Å²) in [6.45, 7) is 3.30. The highest BCUT2D eigenvalue weighted by Gasteiger charge is 2.30. The van der Waals surface area contributed by atoms with E-state index in [-0.39, 0.29) is 28.2 Å². The lowest BCUT2D eigenvalue weighted by molar-refractivity contribution is 0.0979. The van der Waals surface area contributed by atoms with E-state index in [1.54, 1.807) is 6.92 Å². The van der Waals surface area contributed by atoms with Crippen LogP contribution in [0.25, 0.3) is 0 Å². The van der Waals surface area contributed by atoms with Crippen LogP contribution in [-0.2, 0) is 6.42 Å². The SMILES string of the molecule is CCc1cc(O)c2c(c1O)C(=O)C=C(C)C2=O. The molecule has 0 radical (unpaired) electrons. The van der Waals surface area contributed by atoms with Crippen molar-refractivity contribution in [2.24, 2.45) is 0 Å². The van der Waals surface area contributed by atoms with Crippen molar-refractivity contribution in [3.05, 3.63) is 34.4 Å². The molecule has 17 heavy (non-hydrogen) atoms. The Balaban J connectivity index is 2.83. The van der Waals surface area contributed by atoms with Gasteiger partial charge in [-0.3, -0.25) is 9.59 Å². The van der Waals surface area contributed by atoms with Gasteiger partial charge in [-0.1, -0.05) is 6.92 Å². The first-order valence-corrected chi connectivity index (χ1v) is 5.32. The molecule has 0 heterocycles. The fourth-order valence-electron chi connectivity index (χ4n) is 1.98. The van der Waals surface area contributed by atoms with E-state index in [0.717, 1.165) is 0 Å². The summed E-state index contributed by atoms with van der Waals surface area (Å²) in [5.74, 6) is -1.32. The number of aromatic hydroxyl groups is 2. The molecule has 1 aromatic rings. The number of fused-ring (bicyclic) bond motifs is 1. The second-order valence-corrected chi connectivity index (χ2v) is 4.03. The van der Waals surface area contributed by atoms with Crippen LogP contribution in [0.2, 0.25) is 0 Å². The van der Waals surface area contributed by atoms with Crippen LogP contribution in [-0.4, -0.2) is 21.8 Å². The third-order valence-corrected chi connectivity index (χ3v) is 2.92. The topological polar surface area (TPSA) is 74.6 Å². The minimum absolute atomic E-state index is 0.0857. The maximum Gasteiger partial charge on any atom is 0.193 e. The molecule has 1 aliphatic rings. The highest BCUT2D eigenvalue weighted by molar-refractivity contribution is 6.26. The standard InChI is InChI=1S/C13H12O4/c1-3-7-5-9(15)10-11(13(7)17)8(14)4-6(2)12(10)16/h4-5,15,17H,3H2,1-2H3. The molecule has 1 aliphatic carbocycles. The van der Waals surface area contributed by atoms with E-state index >= 15 is 0 Å². The summed E-state index contributed by atoms with van der Waals surface area (Å²) in [4.78, 5) is 23.6. The van der Waals surface area contributed by atoms with Crippen molar-refractivity contribution in [3.8, 4) is 11.5 Å². The number of ketones is 2. The average molecular weight is 232 g/mol. The molecule has 2 rings (SSSR count). The average Bonchev–Trinajstić information content (AvgIpc) is 2.28. The van der Waals surface area contributed by atoms with Gasteiger partial charge in [-0.15, -0.1) is 0 Å². The summed E-state index contributed by atoms with van der Waals surface area (Å²) < 4.78 is 0. The minimum atomic E-state index is -0.444. The number of phenols is 2. The Kier molecular flexibility index (Phi) is 2.50. The van der Waals surface area contributed by atoms with Gasteiger partial charge >= 0.3 is 0 Å². The highest BCUT2D eigenvalue weighted by Crippen LogP contribution is 2.37. The van der Waals surface area contributed by atoms with Crippen LogP contribution in [0, 0.1) is 0 Å². The van der Waals surface area contributed by atoms with Gasteiger partial charge in [0.1, 0.15) is 11.5 Å². The summed E-state index contributed by atoms with van der Waals surface area (Å²) >= 11 is 0. The number of benzene rings is 1. The zero-order chi connectivity index (χ0) is 12.7. The second-order valence-electron chi connectivity index (χ2n) is 4.03. The number of carbonyl (C=O) groups is 2. The molecule has 0 saturated carbocycles. The summed E-state index contributed by atoms with van der Waals surface area (Å²) in [5, 5.41) is 19.7. The van der Waals surface area contributed by atoms with Gasteiger partial charge in [0, 0.05) is 5.57 Å². The first-order chi connectivity index (χ1) is 7.97. The first kappa shape index (κ1) is 11.4. The van der Waals surface area contributed by atoms with Gasteiger partial charge in [0.25, 0.3) is 0 Å². The molecule has 0 unspecified atom stereocenters. The van der Waals surface area contributed by atoms with Crippen molar-refractivity contribution in [2.75, 3.05) is 0 Å². The van der Waals surface area contributed by atoms with Crippen LogP contribution in [0.1, 0.15) is 40.1 Å². The van der Waals surface area contributed by atoms with E-state index in [0.29, 0.717) is 12.0 Å². The van der Waals surface area contributed by atoms with Crippen molar-refractivity contribution in [3.63, 3.8) is 0 Å². The van der Waals surface area contributed by atoms with Crippen molar-refractivity contribution < 1.29 is 19.8 Å². The van der Waals surface area contributed by atoms with Crippen molar-refractivity contribution in [1.29, 1.82) is 0 Å². The Labute approximate surface area is 98.2 Å². The lowest BCUT2D eigenvalue weighted by Crippen LogP contribution is -2.16. The van der Waals surface area contributed by atoms with E-state index < -0.39 is 11.6 Å². The first-order valence-electron chi connectivity index (χ1n) is 5.32. The highest BCUT2D eigenvalue weighted by atomic mass is 16.3. The molecule has 0 fully saturated rings. The van der Waals surface area contributed by atoms with E-state index in [1.807, 2.05) is 0 Å². The molecule has 4 nitrogen and oxygen atoms in total. The zero-order valence-electron chi connectivity index (χ0n) is 9.57. The number of hydrogen-bond donors (Lipinski definition) is 2. The van der Waals surface area contributed by atoms with Crippen LogP contribution >= 0.6 is 0 Å². The molecule has 0 aliphatic heterocycles. The molecule has 0 aromatic heterocycles. The number of carbonyl (C=O) groups excluding carboxylic acids is 2. The molecule has 0 saturated heterocycles. The Hall–Kier alpha value is -2.10. The largest absolute Gasteiger partial charge is 0.507 e. The molecular formula is C13H12O4.